The zero-order valence-corrected chi connectivity index (χ0v) is 17.6. The summed E-state index contributed by atoms with van der Waals surface area (Å²) in [6.45, 7) is 5.57. The molecule has 3 heterocycles. The first-order valence-electron chi connectivity index (χ1n) is 9.84. The van der Waals surface area contributed by atoms with Crippen molar-refractivity contribution in [3.63, 3.8) is 0 Å². The molecule has 2 aromatic rings. The van der Waals surface area contributed by atoms with Crippen molar-refractivity contribution < 1.29 is 22.0 Å². The highest BCUT2D eigenvalue weighted by Gasteiger charge is 2.37. The number of sulfonamides is 1. The minimum absolute atomic E-state index is 0.0614. The second-order valence-electron chi connectivity index (χ2n) is 7.99. The average molecular weight is 439 g/mol. The highest BCUT2D eigenvalue weighted by atomic mass is 32.2. The summed E-state index contributed by atoms with van der Waals surface area (Å²) < 4.78 is 55.8. The minimum Gasteiger partial charge on any atom is -0.333 e. The lowest BCUT2D eigenvalue weighted by Crippen LogP contribution is -2.41. The normalized spacial score (nSPS) is 20.0. The van der Waals surface area contributed by atoms with Crippen LogP contribution >= 0.6 is 0 Å². The molecule has 0 saturated carbocycles. The van der Waals surface area contributed by atoms with Gasteiger partial charge in [-0.25, -0.2) is 17.2 Å². The summed E-state index contributed by atoms with van der Waals surface area (Å²) in [5.41, 5.74) is 0. The van der Waals surface area contributed by atoms with Gasteiger partial charge in [0, 0.05) is 44.1 Å². The Kier molecular flexibility index (Phi) is 5.35. The molecule has 1 saturated heterocycles. The van der Waals surface area contributed by atoms with Crippen LogP contribution in [0.5, 0.6) is 0 Å². The Morgan fingerprint density at radius 2 is 1.80 bits per heavy atom. The summed E-state index contributed by atoms with van der Waals surface area (Å²) in [5.74, 6) is -0.713. The molecule has 1 aromatic heterocycles. The van der Waals surface area contributed by atoms with Crippen LogP contribution in [0.25, 0.3) is 0 Å². The van der Waals surface area contributed by atoms with Gasteiger partial charge >= 0.3 is 0 Å². The van der Waals surface area contributed by atoms with E-state index in [0.717, 1.165) is 12.1 Å². The zero-order valence-electron chi connectivity index (χ0n) is 16.8. The van der Waals surface area contributed by atoms with E-state index in [9.17, 15) is 22.0 Å². The number of carbonyl (C=O) groups excluding carboxylic acids is 1. The molecule has 2 aliphatic rings. The number of rotatable bonds is 4. The molecule has 8 nitrogen and oxygen atoms in total. The smallest absolute Gasteiger partial charge is 0.243 e. The molecule has 0 radical (unpaired) electrons. The van der Waals surface area contributed by atoms with E-state index in [-0.39, 0.29) is 30.8 Å². The molecule has 4 rings (SSSR count). The molecule has 30 heavy (non-hydrogen) atoms. The van der Waals surface area contributed by atoms with Gasteiger partial charge in [-0.1, -0.05) is 13.8 Å². The van der Waals surface area contributed by atoms with E-state index in [2.05, 4.69) is 10.2 Å². The third-order valence-electron chi connectivity index (χ3n) is 5.58. The van der Waals surface area contributed by atoms with Crippen molar-refractivity contribution in [2.45, 2.75) is 44.2 Å². The fourth-order valence-corrected chi connectivity index (χ4v) is 5.56. The molecule has 2 aliphatic heterocycles. The Hall–Kier alpha value is -2.40. The lowest BCUT2D eigenvalue weighted by molar-refractivity contribution is -0.136. The quantitative estimate of drug-likeness (QED) is 0.724. The van der Waals surface area contributed by atoms with Gasteiger partial charge in [0.25, 0.3) is 0 Å². The molecule has 162 valence electrons. The lowest BCUT2D eigenvalue weighted by atomic mass is 10.1. The van der Waals surface area contributed by atoms with E-state index in [0.29, 0.717) is 43.8 Å². The van der Waals surface area contributed by atoms with Crippen LogP contribution in [0.15, 0.2) is 23.1 Å². The highest BCUT2D eigenvalue weighted by molar-refractivity contribution is 7.89. The number of hydrogen-bond acceptors (Lipinski definition) is 5. The predicted octanol–water partition coefficient (Wildman–Crippen LogP) is 1.73. The van der Waals surface area contributed by atoms with Crippen LogP contribution in [0.2, 0.25) is 0 Å². The summed E-state index contributed by atoms with van der Waals surface area (Å²) in [6.07, 6.45) is 0.532. The van der Waals surface area contributed by atoms with Gasteiger partial charge in [0.2, 0.25) is 15.9 Å². The van der Waals surface area contributed by atoms with Crippen LogP contribution in [-0.4, -0.2) is 57.9 Å². The van der Waals surface area contributed by atoms with Gasteiger partial charge in [-0.05, 0) is 18.6 Å². The van der Waals surface area contributed by atoms with Gasteiger partial charge in [-0.2, -0.15) is 4.31 Å². The van der Waals surface area contributed by atoms with Crippen molar-refractivity contribution in [3.8, 4) is 0 Å². The van der Waals surface area contributed by atoms with Crippen LogP contribution in [0, 0.1) is 17.6 Å². The summed E-state index contributed by atoms with van der Waals surface area (Å²) in [7, 11) is -4.02. The maximum Gasteiger partial charge on any atom is 0.243 e. The monoisotopic (exact) mass is 439 g/mol. The fraction of sp³-hybridized carbons (Fsp3) is 0.526. The first-order chi connectivity index (χ1) is 14.2. The second kappa shape index (κ2) is 7.69. The number of nitrogens with zero attached hydrogens (tertiary/aromatic N) is 5. The molecule has 0 N–H and O–H groups in total. The topological polar surface area (TPSA) is 88.4 Å². The van der Waals surface area contributed by atoms with E-state index in [1.54, 1.807) is 4.90 Å². The minimum atomic E-state index is -4.02. The molecular formula is C19H23F2N5O3S. The molecule has 1 amide bonds. The predicted molar refractivity (Wildman–Crippen MR) is 103 cm³/mol. The third-order valence-corrected chi connectivity index (χ3v) is 7.42. The maximum absolute atomic E-state index is 13.5. The molecular weight excluding hydrogens is 416 g/mol. The Morgan fingerprint density at radius 1 is 1.10 bits per heavy atom. The van der Waals surface area contributed by atoms with Gasteiger partial charge in [0.1, 0.15) is 17.5 Å². The molecule has 0 bridgehead atoms. The maximum atomic E-state index is 13.5. The van der Waals surface area contributed by atoms with E-state index in [1.165, 1.54) is 4.31 Å². The summed E-state index contributed by atoms with van der Waals surface area (Å²) in [4.78, 5) is 13.6. The third kappa shape index (κ3) is 3.71. The molecule has 1 unspecified atom stereocenters. The van der Waals surface area contributed by atoms with Gasteiger partial charge in [-0.3, -0.25) is 4.79 Å². The van der Waals surface area contributed by atoms with Crippen LogP contribution in [-0.2, 0) is 27.9 Å². The summed E-state index contributed by atoms with van der Waals surface area (Å²) in [6, 6.07) is 2.29. The molecule has 1 aromatic carbocycles. The Bertz CT molecular complexity index is 1070. The number of hydrogen-bond donors (Lipinski definition) is 0. The van der Waals surface area contributed by atoms with Crippen LogP contribution in [0.1, 0.15) is 37.8 Å². The van der Waals surface area contributed by atoms with Gasteiger partial charge in [0.05, 0.1) is 11.4 Å². The number of halogens is 2. The van der Waals surface area contributed by atoms with E-state index < -0.39 is 26.6 Å². The molecule has 0 spiro atoms. The van der Waals surface area contributed by atoms with Crippen molar-refractivity contribution in [2.24, 2.45) is 5.92 Å². The van der Waals surface area contributed by atoms with Gasteiger partial charge < -0.3 is 9.47 Å². The SMILES string of the molecule is CC(C)C(=O)N1CCn2c(nnc2C2CCN(S(=O)(=O)c3cc(F)cc(F)c3)C2)C1. The number of amides is 1. The van der Waals surface area contributed by atoms with Crippen molar-refractivity contribution in [1.82, 2.24) is 24.0 Å². The number of aromatic nitrogens is 3. The number of carbonyl (C=O) groups is 1. The summed E-state index contributed by atoms with van der Waals surface area (Å²) in [5, 5.41) is 8.48. The van der Waals surface area contributed by atoms with Crippen LogP contribution in [0.3, 0.4) is 0 Å². The van der Waals surface area contributed by atoms with Crippen molar-refractivity contribution in [1.29, 1.82) is 0 Å². The Morgan fingerprint density at radius 3 is 2.47 bits per heavy atom. The summed E-state index contributed by atoms with van der Waals surface area (Å²) >= 11 is 0. The largest absolute Gasteiger partial charge is 0.333 e. The van der Waals surface area contributed by atoms with Crippen molar-refractivity contribution in [3.05, 3.63) is 41.5 Å². The zero-order chi connectivity index (χ0) is 21.6. The van der Waals surface area contributed by atoms with E-state index in [1.807, 2.05) is 18.4 Å². The standard InChI is InChI=1S/C19H23F2N5O3S/c1-12(2)19(27)24-5-6-26-17(11-24)22-23-18(26)13-3-4-25(10-13)30(28,29)16-8-14(20)7-15(21)9-16/h7-9,12-13H,3-6,10-11H2,1-2H3. The number of benzene rings is 1. The van der Waals surface area contributed by atoms with Crippen molar-refractivity contribution in [2.75, 3.05) is 19.6 Å². The first-order valence-corrected chi connectivity index (χ1v) is 11.3. The van der Waals surface area contributed by atoms with Crippen LogP contribution < -0.4 is 0 Å². The van der Waals surface area contributed by atoms with Gasteiger partial charge in [-0.15, -0.1) is 10.2 Å². The molecule has 11 heteroatoms. The first kappa shape index (κ1) is 20.9. The Balaban J connectivity index is 1.52. The fourth-order valence-electron chi connectivity index (χ4n) is 4.02. The highest BCUT2D eigenvalue weighted by Crippen LogP contribution is 2.32. The average Bonchev–Trinajstić information content (AvgIpc) is 3.33. The molecule has 1 atom stereocenters. The van der Waals surface area contributed by atoms with Crippen LogP contribution in [0.4, 0.5) is 8.78 Å². The Labute approximate surface area is 173 Å². The van der Waals surface area contributed by atoms with E-state index in [4.69, 9.17) is 0 Å². The van der Waals surface area contributed by atoms with E-state index >= 15 is 0 Å². The van der Waals surface area contributed by atoms with Crippen molar-refractivity contribution >= 4 is 15.9 Å². The second-order valence-corrected chi connectivity index (χ2v) is 9.93. The lowest BCUT2D eigenvalue weighted by Gasteiger charge is -2.29. The van der Waals surface area contributed by atoms with Gasteiger partial charge in [0.15, 0.2) is 5.82 Å². The number of fused-ring (bicyclic) bond motifs is 1. The molecule has 1 fully saturated rings. The molecule has 0 aliphatic carbocycles.